The second-order valence-electron chi connectivity index (χ2n) is 2.98. The minimum Gasteiger partial charge on any atom is -0.236 e. The Morgan fingerprint density at radius 1 is 1.27 bits per heavy atom. The molecule has 0 unspecified atom stereocenters. The minimum atomic E-state index is 0.516. The zero-order chi connectivity index (χ0) is 10.7. The van der Waals surface area contributed by atoms with Gasteiger partial charge >= 0.3 is 0 Å². The van der Waals surface area contributed by atoms with Crippen molar-refractivity contribution < 1.29 is 0 Å². The Bertz CT molecular complexity index is 554. The number of rotatable bonds is 0. The molecule has 0 saturated carbocycles. The van der Waals surface area contributed by atoms with Gasteiger partial charge in [-0.25, -0.2) is 4.98 Å². The predicted molar refractivity (Wildman–Crippen MR) is 67.4 cm³/mol. The van der Waals surface area contributed by atoms with Crippen LogP contribution < -0.4 is 0 Å². The lowest BCUT2D eigenvalue weighted by atomic mass is 10.1. The molecular formula is C12H7BrClN. The first kappa shape index (κ1) is 10.5. The highest BCUT2D eigenvalue weighted by Gasteiger charge is 1.96. The van der Waals surface area contributed by atoms with E-state index in [9.17, 15) is 0 Å². The molecule has 1 heterocycles. The number of alkyl halides is 1. The second-order valence-corrected chi connectivity index (χ2v) is 3.92. The molecule has 0 aliphatic heterocycles. The first-order valence-electron chi connectivity index (χ1n) is 4.41. The molecule has 0 atom stereocenters. The summed E-state index contributed by atoms with van der Waals surface area (Å²) in [5.41, 5.74) is 1.89. The monoisotopic (exact) mass is 279 g/mol. The first-order chi connectivity index (χ1) is 7.29. The van der Waals surface area contributed by atoms with Gasteiger partial charge in [0.25, 0.3) is 0 Å². The third kappa shape index (κ3) is 2.50. The summed E-state index contributed by atoms with van der Waals surface area (Å²) < 4.78 is 0. The summed E-state index contributed by atoms with van der Waals surface area (Å²) in [6, 6.07) is 9.62. The Morgan fingerprint density at radius 2 is 2.13 bits per heavy atom. The molecule has 0 aliphatic rings. The quantitative estimate of drug-likeness (QED) is 0.408. The number of aromatic nitrogens is 1. The molecular weight excluding hydrogens is 273 g/mol. The molecule has 2 rings (SSSR count). The van der Waals surface area contributed by atoms with Crippen molar-refractivity contribution in [2.24, 2.45) is 0 Å². The van der Waals surface area contributed by atoms with Gasteiger partial charge in [-0.2, -0.15) is 0 Å². The fraction of sp³-hybridized carbons (Fsp3) is 0.0833. The van der Waals surface area contributed by atoms with Gasteiger partial charge in [-0.15, -0.1) is 0 Å². The predicted octanol–water partition coefficient (Wildman–Crippen LogP) is 3.63. The largest absolute Gasteiger partial charge is 0.236 e. The zero-order valence-electron chi connectivity index (χ0n) is 7.80. The first-order valence-corrected chi connectivity index (χ1v) is 5.91. The summed E-state index contributed by atoms with van der Waals surface area (Å²) in [6.45, 7) is 0. The molecule has 0 aliphatic carbocycles. The fourth-order valence-corrected chi connectivity index (χ4v) is 1.61. The van der Waals surface area contributed by atoms with E-state index in [2.05, 4.69) is 32.8 Å². The lowest BCUT2D eigenvalue weighted by Crippen LogP contribution is -1.81. The molecule has 0 amide bonds. The van der Waals surface area contributed by atoms with Crippen LogP contribution >= 0.6 is 27.5 Å². The molecule has 15 heavy (non-hydrogen) atoms. The molecule has 2 aromatic rings. The van der Waals surface area contributed by atoms with E-state index in [1.165, 1.54) is 0 Å². The standard InChI is InChI=1S/C12H7BrClN/c13-7-1-2-9-3-5-11-10(8-9)4-6-12(14)15-11/h3-6,8H,7H2. The number of nitrogens with zero attached hydrogens (tertiary/aromatic N) is 1. The van der Waals surface area contributed by atoms with Gasteiger partial charge in [0.1, 0.15) is 5.15 Å². The van der Waals surface area contributed by atoms with Crippen molar-refractivity contribution in [2.45, 2.75) is 0 Å². The molecule has 0 bridgehead atoms. The maximum absolute atomic E-state index is 5.80. The molecule has 3 heteroatoms. The summed E-state index contributed by atoms with van der Waals surface area (Å²) >= 11 is 9.06. The van der Waals surface area contributed by atoms with E-state index in [1.807, 2.05) is 24.3 Å². The molecule has 74 valence electrons. The number of hydrogen-bond acceptors (Lipinski definition) is 1. The highest BCUT2D eigenvalue weighted by molar-refractivity contribution is 9.09. The van der Waals surface area contributed by atoms with Crippen molar-refractivity contribution in [3.63, 3.8) is 0 Å². The topological polar surface area (TPSA) is 12.9 Å². The van der Waals surface area contributed by atoms with Gasteiger partial charge in [0.2, 0.25) is 0 Å². The van der Waals surface area contributed by atoms with Crippen molar-refractivity contribution in [1.29, 1.82) is 0 Å². The summed E-state index contributed by atoms with van der Waals surface area (Å²) in [5, 5.41) is 2.26. The van der Waals surface area contributed by atoms with Crippen LogP contribution in [-0.2, 0) is 0 Å². The maximum Gasteiger partial charge on any atom is 0.129 e. The van der Waals surface area contributed by atoms with Crippen LogP contribution in [-0.4, -0.2) is 10.3 Å². The van der Waals surface area contributed by atoms with Crippen LogP contribution in [0.2, 0.25) is 5.15 Å². The number of hydrogen-bond donors (Lipinski definition) is 0. The molecule has 1 aromatic carbocycles. The van der Waals surface area contributed by atoms with Crippen LogP contribution in [0.3, 0.4) is 0 Å². The van der Waals surface area contributed by atoms with Crippen molar-refractivity contribution in [1.82, 2.24) is 4.98 Å². The van der Waals surface area contributed by atoms with Crippen molar-refractivity contribution in [2.75, 3.05) is 5.33 Å². The summed E-state index contributed by atoms with van der Waals surface area (Å²) in [4.78, 5) is 4.21. The smallest absolute Gasteiger partial charge is 0.129 e. The van der Waals surface area contributed by atoms with Crippen molar-refractivity contribution >= 4 is 38.4 Å². The van der Waals surface area contributed by atoms with Crippen molar-refractivity contribution in [3.05, 3.63) is 41.0 Å². The van der Waals surface area contributed by atoms with Gasteiger partial charge in [-0.05, 0) is 30.3 Å². The third-order valence-electron chi connectivity index (χ3n) is 1.95. The zero-order valence-corrected chi connectivity index (χ0v) is 10.1. The molecule has 0 fully saturated rings. The summed E-state index contributed by atoms with van der Waals surface area (Å²) in [6.07, 6.45) is 0. The summed E-state index contributed by atoms with van der Waals surface area (Å²) in [7, 11) is 0. The highest BCUT2D eigenvalue weighted by atomic mass is 79.9. The second kappa shape index (κ2) is 4.65. The molecule has 1 nitrogen and oxygen atoms in total. The van der Waals surface area contributed by atoms with Crippen molar-refractivity contribution in [3.8, 4) is 11.8 Å². The van der Waals surface area contributed by atoms with E-state index in [-0.39, 0.29) is 0 Å². The molecule has 1 aromatic heterocycles. The average Bonchev–Trinajstić information content (AvgIpc) is 2.26. The Labute approximate surface area is 102 Å². The molecule has 0 saturated heterocycles. The van der Waals surface area contributed by atoms with E-state index < -0.39 is 0 Å². The van der Waals surface area contributed by atoms with Gasteiger partial charge in [-0.3, -0.25) is 0 Å². The Kier molecular flexibility index (Phi) is 3.25. The fourth-order valence-electron chi connectivity index (χ4n) is 1.31. The lowest BCUT2D eigenvalue weighted by Gasteiger charge is -1.98. The molecule has 0 radical (unpaired) electrons. The van der Waals surface area contributed by atoms with Crippen LogP contribution in [0.25, 0.3) is 10.9 Å². The number of pyridine rings is 1. The number of halogens is 2. The van der Waals surface area contributed by atoms with Crippen LogP contribution in [0, 0.1) is 11.8 Å². The SMILES string of the molecule is Clc1ccc2cc(C#CCBr)ccc2n1. The number of benzene rings is 1. The Morgan fingerprint density at radius 3 is 2.93 bits per heavy atom. The Hall–Kier alpha value is -1.04. The van der Waals surface area contributed by atoms with Crippen LogP contribution in [0.5, 0.6) is 0 Å². The summed E-state index contributed by atoms with van der Waals surface area (Å²) in [5.74, 6) is 6.00. The van der Waals surface area contributed by atoms with Crippen LogP contribution in [0.1, 0.15) is 5.56 Å². The Balaban J connectivity index is 2.52. The maximum atomic E-state index is 5.80. The van der Waals surface area contributed by atoms with Crippen LogP contribution in [0.15, 0.2) is 30.3 Å². The normalized spacial score (nSPS) is 9.73. The van der Waals surface area contributed by atoms with Gasteiger partial charge in [0.15, 0.2) is 0 Å². The third-order valence-corrected chi connectivity index (χ3v) is 2.45. The highest BCUT2D eigenvalue weighted by Crippen LogP contribution is 2.16. The van der Waals surface area contributed by atoms with E-state index in [1.54, 1.807) is 6.07 Å². The molecule has 0 N–H and O–H groups in total. The van der Waals surface area contributed by atoms with E-state index in [4.69, 9.17) is 11.6 Å². The van der Waals surface area contributed by atoms with Gasteiger partial charge < -0.3 is 0 Å². The van der Waals surface area contributed by atoms with E-state index in [0.717, 1.165) is 16.5 Å². The van der Waals surface area contributed by atoms with E-state index >= 15 is 0 Å². The lowest BCUT2D eigenvalue weighted by molar-refractivity contribution is 1.41. The van der Waals surface area contributed by atoms with Crippen LogP contribution in [0.4, 0.5) is 0 Å². The molecule has 0 spiro atoms. The average molecular weight is 281 g/mol. The van der Waals surface area contributed by atoms with Gasteiger partial charge in [-0.1, -0.05) is 39.4 Å². The van der Waals surface area contributed by atoms with Gasteiger partial charge in [0.05, 0.1) is 10.8 Å². The van der Waals surface area contributed by atoms with E-state index in [0.29, 0.717) is 10.5 Å². The van der Waals surface area contributed by atoms with Gasteiger partial charge in [0, 0.05) is 10.9 Å². The number of fused-ring (bicyclic) bond motifs is 1. The minimum absolute atomic E-state index is 0.516.